The first-order valence-corrected chi connectivity index (χ1v) is 8.96. The molecule has 0 amide bonds. The van der Waals surface area contributed by atoms with E-state index < -0.39 is 0 Å². The molecule has 8 heteroatoms. The second-order valence-corrected chi connectivity index (χ2v) is 6.60. The van der Waals surface area contributed by atoms with Crippen LogP contribution in [0.4, 0.5) is 0 Å². The number of hydrogen-bond donors (Lipinski definition) is 1. The normalized spacial score (nSPS) is 17.4. The first-order valence-electron chi connectivity index (χ1n) is 7.98. The van der Waals surface area contributed by atoms with Gasteiger partial charge in [-0.25, -0.2) is 4.98 Å². The van der Waals surface area contributed by atoms with Crippen LogP contribution in [0.25, 0.3) is 11.3 Å². The van der Waals surface area contributed by atoms with E-state index in [1.165, 1.54) is 0 Å². The summed E-state index contributed by atoms with van der Waals surface area (Å²) < 4.78 is 8.07. The molecular formula is C16H18N6OS. The molecule has 7 nitrogen and oxygen atoms in total. The number of H-pyrrole nitrogens is 1. The Hall–Kier alpha value is -2.19. The molecule has 1 unspecified atom stereocenters. The molecule has 3 aromatic rings. The maximum absolute atomic E-state index is 5.82. The van der Waals surface area contributed by atoms with Crippen molar-refractivity contribution in [3.8, 4) is 11.3 Å². The molecule has 24 heavy (non-hydrogen) atoms. The third-order valence-corrected chi connectivity index (χ3v) is 5.00. The number of rotatable bonds is 6. The zero-order valence-corrected chi connectivity index (χ0v) is 13.9. The van der Waals surface area contributed by atoms with E-state index in [1.54, 1.807) is 11.8 Å². The Morgan fingerprint density at radius 1 is 1.29 bits per heavy atom. The lowest BCUT2D eigenvalue weighted by molar-refractivity contribution is 0.0954. The van der Waals surface area contributed by atoms with Crippen LogP contribution in [0.1, 0.15) is 18.7 Å². The predicted molar refractivity (Wildman–Crippen MR) is 90.4 cm³/mol. The highest BCUT2D eigenvalue weighted by atomic mass is 32.2. The summed E-state index contributed by atoms with van der Waals surface area (Å²) >= 11 is 1.61. The average Bonchev–Trinajstić information content (AvgIpc) is 3.37. The van der Waals surface area contributed by atoms with E-state index in [2.05, 4.69) is 42.3 Å². The molecule has 1 atom stereocenters. The molecule has 0 aliphatic carbocycles. The number of aromatic nitrogens is 6. The van der Waals surface area contributed by atoms with Gasteiger partial charge in [-0.3, -0.25) is 0 Å². The zero-order chi connectivity index (χ0) is 16.2. The molecule has 124 valence electrons. The molecule has 2 aromatic heterocycles. The van der Waals surface area contributed by atoms with Gasteiger partial charge in [0.1, 0.15) is 0 Å². The molecule has 1 aliphatic rings. The summed E-state index contributed by atoms with van der Waals surface area (Å²) in [6.45, 7) is 1.67. The highest BCUT2D eigenvalue weighted by Crippen LogP contribution is 2.29. The van der Waals surface area contributed by atoms with Crippen LogP contribution in [0.15, 0.2) is 41.7 Å². The van der Waals surface area contributed by atoms with E-state index in [1.807, 2.05) is 24.4 Å². The lowest BCUT2D eigenvalue weighted by Gasteiger charge is -2.15. The first-order chi connectivity index (χ1) is 11.9. The Morgan fingerprint density at radius 3 is 2.96 bits per heavy atom. The van der Waals surface area contributed by atoms with E-state index in [0.29, 0.717) is 11.6 Å². The van der Waals surface area contributed by atoms with Gasteiger partial charge in [-0.05, 0) is 18.4 Å². The van der Waals surface area contributed by atoms with E-state index >= 15 is 0 Å². The molecule has 0 saturated carbocycles. The number of tetrazole rings is 1. The Balaban J connectivity index is 1.61. The van der Waals surface area contributed by atoms with Crippen LogP contribution in [0.2, 0.25) is 0 Å². The van der Waals surface area contributed by atoms with Crippen molar-refractivity contribution >= 4 is 11.8 Å². The van der Waals surface area contributed by atoms with Gasteiger partial charge in [0.05, 0.1) is 30.3 Å². The molecule has 1 N–H and O–H groups in total. The Kier molecular flexibility index (Phi) is 4.57. The Bertz CT molecular complexity index is 767. The molecule has 1 aliphatic heterocycles. The summed E-state index contributed by atoms with van der Waals surface area (Å²) in [5, 5.41) is 15.0. The van der Waals surface area contributed by atoms with Gasteiger partial charge < -0.3 is 9.30 Å². The molecule has 1 saturated heterocycles. The predicted octanol–water partition coefficient (Wildman–Crippen LogP) is 2.53. The number of hydrogen-bond acceptors (Lipinski definition) is 6. The maximum Gasteiger partial charge on any atom is 0.184 e. The monoisotopic (exact) mass is 342 g/mol. The summed E-state index contributed by atoms with van der Waals surface area (Å²) in [6.07, 6.45) is 4.42. The van der Waals surface area contributed by atoms with Crippen LogP contribution in [0.5, 0.6) is 0 Å². The molecule has 0 bridgehead atoms. The highest BCUT2D eigenvalue weighted by molar-refractivity contribution is 7.98. The molecule has 1 aromatic carbocycles. The minimum Gasteiger partial charge on any atom is -0.376 e. The van der Waals surface area contributed by atoms with Crippen LogP contribution in [0, 0.1) is 0 Å². The summed E-state index contributed by atoms with van der Waals surface area (Å²) in [7, 11) is 0. The van der Waals surface area contributed by atoms with Gasteiger partial charge in [0.15, 0.2) is 11.0 Å². The number of aromatic amines is 1. The van der Waals surface area contributed by atoms with Gasteiger partial charge in [-0.2, -0.15) is 5.21 Å². The molecule has 3 heterocycles. The molecule has 1 fully saturated rings. The minimum atomic E-state index is 0.256. The fourth-order valence-corrected chi connectivity index (χ4v) is 3.69. The van der Waals surface area contributed by atoms with Crippen LogP contribution in [-0.2, 0) is 17.0 Å². The van der Waals surface area contributed by atoms with Gasteiger partial charge in [-0.1, -0.05) is 47.3 Å². The van der Waals surface area contributed by atoms with Gasteiger partial charge in [-0.15, -0.1) is 10.2 Å². The summed E-state index contributed by atoms with van der Waals surface area (Å²) in [6, 6.07) is 10.3. The lowest BCUT2D eigenvalue weighted by atomic mass is 10.1. The smallest absolute Gasteiger partial charge is 0.184 e. The third-order valence-electron chi connectivity index (χ3n) is 4.02. The van der Waals surface area contributed by atoms with Crippen molar-refractivity contribution in [1.82, 2.24) is 30.2 Å². The largest absolute Gasteiger partial charge is 0.376 e. The number of ether oxygens (including phenoxy) is 1. The van der Waals surface area contributed by atoms with Crippen molar-refractivity contribution < 1.29 is 4.74 Å². The lowest BCUT2D eigenvalue weighted by Crippen LogP contribution is -2.16. The third kappa shape index (κ3) is 3.34. The number of thioether (sulfide) groups is 1. The van der Waals surface area contributed by atoms with Crippen LogP contribution >= 0.6 is 11.8 Å². The Labute approximate surface area is 143 Å². The van der Waals surface area contributed by atoms with Crippen molar-refractivity contribution in [3.05, 3.63) is 42.4 Å². The molecular weight excluding hydrogens is 324 g/mol. The van der Waals surface area contributed by atoms with Crippen LogP contribution < -0.4 is 0 Å². The van der Waals surface area contributed by atoms with Crippen molar-refractivity contribution in [1.29, 1.82) is 0 Å². The number of nitrogens with zero attached hydrogens (tertiary/aromatic N) is 5. The maximum atomic E-state index is 5.82. The second-order valence-electron chi connectivity index (χ2n) is 5.65. The standard InChI is InChI=1S/C16H18N6OS/c1-2-5-12(6-3-1)14-9-17-16(24-11-15-18-20-21-19-15)22(14)10-13-7-4-8-23-13/h1-3,5-6,9,13H,4,7-8,10-11H2,(H,18,19,20,21). The summed E-state index contributed by atoms with van der Waals surface area (Å²) in [5.74, 6) is 1.31. The average molecular weight is 342 g/mol. The van der Waals surface area contributed by atoms with Gasteiger partial charge in [0.25, 0.3) is 0 Å². The molecule has 4 rings (SSSR count). The molecule has 0 radical (unpaired) electrons. The van der Waals surface area contributed by atoms with Crippen molar-refractivity contribution in [2.24, 2.45) is 0 Å². The van der Waals surface area contributed by atoms with Crippen molar-refractivity contribution in [2.75, 3.05) is 6.61 Å². The second kappa shape index (κ2) is 7.14. The van der Waals surface area contributed by atoms with Crippen LogP contribution in [-0.4, -0.2) is 42.9 Å². The van der Waals surface area contributed by atoms with E-state index in [0.717, 1.165) is 42.4 Å². The topological polar surface area (TPSA) is 81.5 Å². The highest BCUT2D eigenvalue weighted by Gasteiger charge is 2.20. The SMILES string of the molecule is c1ccc(-c2cnc(SCc3nn[nH]n3)n2CC2CCCO2)cc1. The zero-order valence-electron chi connectivity index (χ0n) is 13.1. The number of imidazole rings is 1. The summed E-state index contributed by atoms with van der Waals surface area (Å²) in [5.41, 5.74) is 2.27. The first kappa shape index (κ1) is 15.3. The van der Waals surface area contributed by atoms with Gasteiger partial charge in [0.2, 0.25) is 0 Å². The van der Waals surface area contributed by atoms with Crippen LogP contribution in [0.3, 0.4) is 0 Å². The summed E-state index contributed by atoms with van der Waals surface area (Å²) in [4.78, 5) is 4.62. The van der Waals surface area contributed by atoms with Gasteiger partial charge >= 0.3 is 0 Å². The Morgan fingerprint density at radius 2 is 2.21 bits per heavy atom. The van der Waals surface area contributed by atoms with E-state index in [9.17, 15) is 0 Å². The van der Waals surface area contributed by atoms with Crippen molar-refractivity contribution in [3.63, 3.8) is 0 Å². The fourth-order valence-electron chi connectivity index (χ4n) is 2.85. The molecule has 0 spiro atoms. The van der Waals surface area contributed by atoms with Crippen molar-refractivity contribution in [2.45, 2.75) is 36.4 Å². The number of benzene rings is 1. The van der Waals surface area contributed by atoms with E-state index in [4.69, 9.17) is 4.74 Å². The van der Waals surface area contributed by atoms with E-state index in [-0.39, 0.29) is 6.10 Å². The quantitative estimate of drug-likeness (QED) is 0.693. The minimum absolute atomic E-state index is 0.256. The van der Waals surface area contributed by atoms with Gasteiger partial charge in [0, 0.05) is 6.61 Å². The number of nitrogens with one attached hydrogen (secondary N) is 1. The fraction of sp³-hybridized carbons (Fsp3) is 0.375.